The first-order chi connectivity index (χ1) is 9.52. The summed E-state index contributed by atoms with van der Waals surface area (Å²) in [6.07, 6.45) is 2.71. The molecule has 3 nitrogen and oxygen atoms in total. The van der Waals surface area contributed by atoms with E-state index >= 15 is 0 Å². The van der Waals surface area contributed by atoms with E-state index in [4.69, 9.17) is 10.5 Å². The van der Waals surface area contributed by atoms with Gasteiger partial charge in [-0.3, -0.25) is 4.90 Å². The fraction of sp³-hybridized carbons (Fsp3) is 0.750. The van der Waals surface area contributed by atoms with E-state index in [0.29, 0.717) is 12.0 Å². The van der Waals surface area contributed by atoms with Crippen LogP contribution in [0, 0.1) is 11.3 Å². The van der Waals surface area contributed by atoms with Gasteiger partial charge in [-0.05, 0) is 29.9 Å². The minimum Gasteiger partial charge on any atom is -0.377 e. The molecule has 3 unspecified atom stereocenters. The van der Waals surface area contributed by atoms with E-state index < -0.39 is 0 Å². The van der Waals surface area contributed by atoms with E-state index in [9.17, 15) is 0 Å². The molecule has 4 rings (SSSR count). The Balaban J connectivity index is 1.52. The lowest BCUT2D eigenvalue weighted by molar-refractivity contribution is -0.164. The molecule has 0 amide bonds. The second kappa shape index (κ2) is 4.29. The Hall–Kier alpha value is -0.420. The summed E-state index contributed by atoms with van der Waals surface area (Å²) in [5.41, 5.74) is 8.41. The van der Waals surface area contributed by atoms with Gasteiger partial charge < -0.3 is 10.5 Å². The second-order valence-corrected chi connectivity index (χ2v) is 8.28. The monoisotopic (exact) mass is 292 g/mol. The molecule has 1 saturated carbocycles. The van der Waals surface area contributed by atoms with Gasteiger partial charge in [-0.2, -0.15) is 0 Å². The molecule has 0 spiro atoms. The van der Waals surface area contributed by atoms with Crippen molar-refractivity contribution in [3.8, 4) is 0 Å². The van der Waals surface area contributed by atoms with Gasteiger partial charge in [0.15, 0.2) is 0 Å². The molecule has 0 bridgehead atoms. The molecule has 3 aliphatic rings. The molecule has 0 aromatic carbocycles. The Morgan fingerprint density at radius 1 is 1.50 bits per heavy atom. The first-order valence-corrected chi connectivity index (χ1v) is 8.58. The average Bonchev–Trinajstić information content (AvgIpc) is 3.06. The van der Waals surface area contributed by atoms with Crippen LogP contribution in [0.25, 0.3) is 0 Å². The molecule has 1 aromatic rings. The summed E-state index contributed by atoms with van der Waals surface area (Å²) in [7, 11) is 0. The highest BCUT2D eigenvalue weighted by atomic mass is 32.1. The number of nitrogens with two attached hydrogens (primary N) is 1. The molecule has 20 heavy (non-hydrogen) atoms. The second-order valence-electron chi connectivity index (χ2n) is 7.28. The summed E-state index contributed by atoms with van der Waals surface area (Å²) < 4.78 is 5.90. The minimum absolute atomic E-state index is 0.0817. The van der Waals surface area contributed by atoms with E-state index in [0.717, 1.165) is 32.7 Å². The lowest BCUT2D eigenvalue weighted by Gasteiger charge is -2.63. The molecule has 2 aliphatic heterocycles. The van der Waals surface area contributed by atoms with Gasteiger partial charge in [0.25, 0.3) is 0 Å². The fourth-order valence-electron chi connectivity index (χ4n) is 4.61. The van der Waals surface area contributed by atoms with Crippen LogP contribution in [0.15, 0.2) is 11.4 Å². The number of ether oxygens (including phenoxy) is 1. The van der Waals surface area contributed by atoms with E-state index in [2.05, 4.69) is 30.2 Å². The van der Waals surface area contributed by atoms with Gasteiger partial charge in [-0.15, -0.1) is 11.3 Å². The molecule has 2 fully saturated rings. The average molecular weight is 292 g/mol. The summed E-state index contributed by atoms with van der Waals surface area (Å²) in [5.74, 6) is 0.557. The van der Waals surface area contributed by atoms with Crippen molar-refractivity contribution in [1.82, 2.24) is 4.90 Å². The highest BCUT2D eigenvalue weighted by molar-refractivity contribution is 7.10. The maximum atomic E-state index is 6.87. The predicted octanol–water partition coefficient (Wildman–Crippen LogP) is 2.25. The smallest absolute Gasteiger partial charge is 0.0691 e. The number of rotatable bonds is 2. The first kappa shape index (κ1) is 13.3. The predicted molar refractivity (Wildman–Crippen MR) is 81.8 cm³/mol. The van der Waals surface area contributed by atoms with Crippen LogP contribution in [0.1, 0.15) is 30.7 Å². The summed E-state index contributed by atoms with van der Waals surface area (Å²) in [6, 6.07) is 2.28. The van der Waals surface area contributed by atoms with Crippen molar-refractivity contribution in [3.63, 3.8) is 0 Å². The molecule has 3 atom stereocenters. The fourth-order valence-corrected chi connectivity index (χ4v) is 5.50. The molecule has 1 aromatic heterocycles. The number of fused-ring (bicyclic) bond motifs is 2. The van der Waals surface area contributed by atoms with Crippen molar-refractivity contribution in [2.75, 3.05) is 19.7 Å². The van der Waals surface area contributed by atoms with Crippen LogP contribution in [0.2, 0.25) is 0 Å². The quantitative estimate of drug-likeness (QED) is 0.908. The van der Waals surface area contributed by atoms with Crippen molar-refractivity contribution >= 4 is 11.3 Å². The summed E-state index contributed by atoms with van der Waals surface area (Å²) in [5, 5.41) is 2.22. The third kappa shape index (κ3) is 1.62. The Morgan fingerprint density at radius 3 is 3.20 bits per heavy atom. The van der Waals surface area contributed by atoms with Crippen LogP contribution in [-0.2, 0) is 17.7 Å². The zero-order valence-corrected chi connectivity index (χ0v) is 13.2. The maximum absolute atomic E-state index is 6.87. The molecule has 1 saturated heterocycles. The zero-order valence-electron chi connectivity index (χ0n) is 12.4. The van der Waals surface area contributed by atoms with Crippen LogP contribution in [0.5, 0.6) is 0 Å². The Bertz CT molecular complexity index is 526. The number of thiophene rings is 1. The highest BCUT2D eigenvalue weighted by Crippen LogP contribution is 2.58. The number of hydrogen-bond acceptors (Lipinski definition) is 4. The first-order valence-electron chi connectivity index (χ1n) is 7.70. The van der Waals surface area contributed by atoms with Gasteiger partial charge in [0.2, 0.25) is 0 Å². The van der Waals surface area contributed by atoms with Crippen LogP contribution < -0.4 is 5.73 Å². The highest BCUT2D eigenvalue weighted by Gasteiger charge is 2.67. The largest absolute Gasteiger partial charge is 0.377 e. The van der Waals surface area contributed by atoms with Crippen molar-refractivity contribution in [2.24, 2.45) is 17.1 Å². The van der Waals surface area contributed by atoms with Gasteiger partial charge in [-0.25, -0.2) is 0 Å². The zero-order chi connectivity index (χ0) is 14.0. The van der Waals surface area contributed by atoms with Gasteiger partial charge in [0.1, 0.15) is 0 Å². The SMILES string of the molecule is CC1(C)C2OCCC2C1(N)CN1CCc2sccc2C1. The lowest BCUT2D eigenvalue weighted by Crippen LogP contribution is -2.78. The standard InChI is InChI=1S/C16H24N2OS/c1-15(2)14-12(4-7-19-14)16(15,17)10-18-6-3-13-11(9-18)5-8-20-13/h5,8,12,14H,3-4,6-7,9-10,17H2,1-2H3. The molecule has 2 N–H and O–H groups in total. The number of nitrogens with zero attached hydrogens (tertiary/aromatic N) is 1. The van der Waals surface area contributed by atoms with E-state index in [1.807, 2.05) is 11.3 Å². The van der Waals surface area contributed by atoms with Crippen LogP contribution in [0.4, 0.5) is 0 Å². The van der Waals surface area contributed by atoms with E-state index in [-0.39, 0.29) is 11.0 Å². The molecule has 110 valence electrons. The molecule has 1 aliphatic carbocycles. The van der Waals surface area contributed by atoms with E-state index in [1.165, 1.54) is 12.0 Å². The third-order valence-electron chi connectivity index (χ3n) is 6.04. The molecule has 0 radical (unpaired) electrons. The topological polar surface area (TPSA) is 38.5 Å². The Labute approximate surface area is 125 Å². The normalized spacial score (nSPS) is 39.1. The van der Waals surface area contributed by atoms with Gasteiger partial charge in [0.05, 0.1) is 6.10 Å². The third-order valence-corrected chi connectivity index (χ3v) is 7.06. The number of hydrogen-bond donors (Lipinski definition) is 1. The van der Waals surface area contributed by atoms with Crippen LogP contribution in [-0.4, -0.2) is 36.2 Å². The Kier molecular flexibility index (Phi) is 2.84. The summed E-state index contributed by atoms with van der Waals surface area (Å²) in [6.45, 7) is 8.72. The van der Waals surface area contributed by atoms with Crippen LogP contribution >= 0.6 is 11.3 Å². The summed E-state index contributed by atoms with van der Waals surface area (Å²) >= 11 is 1.90. The molecule has 3 heterocycles. The van der Waals surface area contributed by atoms with Gasteiger partial charge in [-0.1, -0.05) is 13.8 Å². The van der Waals surface area contributed by atoms with Crippen molar-refractivity contribution in [3.05, 3.63) is 21.9 Å². The lowest BCUT2D eigenvalue weighted by atomic mass is 9.48. The molecule has 4 heteroatoms. The van der Waals surface area contributed by atoms with Crippen LogP contribution in [0.3, 0.4) is 0 Å². The van der Waals surface area contributed by atoms with E-state index in [1.54, 1.807) is 4.88 Å². The summed E-state index contributed by atoms with van der Waals surface area (Å²) in [4.78, 5) is 4.13. The van der Waals surface area contributed by atoms with Crippen molar-refractivity contribution in [1.29, 1.82) is 0 Å². The van der Waals surface area contributed by atoms with Gasteiger partial charge in [0, 0.05) is 48.0 Å². The Morgan fingerprint density at radius 2 is 2.35 bits per heavy atom. The minimum atomic E-state index is -0.0817. The van der Waals surface area contributed by atoms with Crippen molar-refractivity contribution < 1.29 is 4.74 Å². The molecular formula is C16H24N2OS. The maximum Gasteiger partial charge on any atom is 0.0691 e. The van der Waals surface area contributed by atoms with Gasteiger partial charge >= 0.3 is 0 Å². The van der Waals surface area contributed by atoms with Crippen molar-refractivity contribution in [2.45, 2.75) is 44.9 Å². The molecular weight excluding hydrogens is 268 g/mol.